The van der Waals surface area contributed by atoms with E-state index >= 15 is 0 Å². The number of nitrogens with two attached hydrogens (primary N) is 1. The molecule has 3 nitrogen and oxygen atoms in total. The van der Waals surface area contributed by atoms with Crippen molar-refractivity contribution in [3.05, 3.63) is 35.4 Å². The van der Waals surface area contributed by atoms with E-state index in [0.29, 0.717) is 11.0 Å². The van der Waals surface area contributed by atoms with Crippen molar-refractivity contribution >= 4 is 17.2 Å². The van der Waals surface area contributed by atoms with Gasteiger partial charge in [-0.15, -0.1) is 0 Å². The summed E-state index contributed by atoms with van der Waals surface area (Å²) < 4.78 is 5.25. The van der Waals surface area contributed by atoms with Crippen LogP contribution >= 0.6 is 12.2 Å². The Balaban J connectivity index is 2.11. The molecule has 0 spiro atoms. The zero-order chi connectivity index (χ0) is 14.5. The molecule has 2 rings (SSSR count). The molecule has 0 amide bonds. The number of ether oxygens (including phenoxy) is 1. The summed E-state index contributed by atoms with van der Waals surface area (Å²) in [5.41, 5.74) is 8.03. The van der Waals surface area contributed by atoms with Crippen molar-refractivity contribution in [2.45, 2.75) is 32.4 Å². The molecular weight excluding hydrogens is 268 g/mol. The maximum atomic E-state index is 5.83. The Labute approximate surface area is 127 Å². The molecule has 1 aromatic carbocycles. The molecule has 0 aliphatic heterocycles. The predicted molar refractivity (Wildman–Crippen MR) is 86.8 cm³/mol. The molecule has 0 saturated heterocycles. The maximum absolute atomic E-state index is 5.83. The fourth-order valence-corrected chi connectivity index (χ4v) is 2.83. The molecule has 1 unspecified atom stereocenters. The number of hydrogen-bond acceptors (Lipinski definition) is 3. The van der Waals surface area contributed by atoms with Crippen LogP contribution in [0.25, 0.3) is 0 Å². The van der Waals surface area contributed by atoms with Crippen LogP contribution in [0.4, 0.5) is 0 Å². The molecular formula is C16H24N2OS. The average molecular weight is 292 g/mol. The first-order chi connectivity index (χ1) is 9.63. The van der Waals surface area contributed by atoms with Crippen LogP contribution in [0.3, 0.4) is 0 Å². The summed E-state index contributed by atoms with van der Waals surface area (Å²) in [4.78, 5) is 2.96. The summed E-state index contributed by atoms with van der Waals surface area (Å²) in [5.74, 6) is 0.837. The molecule has 4 heteroatoms. The van der Waals surface area contributed by atoms with E-state index in [4.69, 9.17) is 22.7 Å². The van der Waals surface area contributed by atoms with Gasteiger partial charge in [0, 0.05) is 31.8 Å². The van der Waals surface area contributed by atoms with Crippen molar-refractivity contribution in [3.63, 3.8) is 0 Å². The van der Waals surface area contributed by atoms with Crippen LogP contribution in [0, 0.1) is 5.92 Å². The van der Waals surface area contributed by atoms with Crippen molar-refractivity contribution in [3.8, 4) is 0 Å². The van der Waals surface area contributed by atoms with Gasteiger partial charge in [-0.25, -0.2) is 0 Å². The van der Waals surface area contributed by atoms with Crippen molar-refractivity contribution in [1.82, 2.24) is 4.90 Å². The molecule has 0 heterocycles. The predicted octanol–water partition coefficient (Wildman–Crippen LogP) is 2.57. The van der Waals surface area contributed by atoms with Crippen molar-refractivity contribution < 1.29 is 4.74 Å². The number of nitrogens with zero attached hydrogens (tertiary/aromatic N) is 1. The van der Waals surface area contributed by atoms with Crippen LogP contribution in [-0.4, -0.2) is 36.2 Å². The summed E-state index contributed by atoms with van der Waals surface area (Å²) >= 11 is 5.15. The van der Waals surface area contributed by atoms with Crippen molar-refractivity contribution in [2.75, 3.05) is 20.3 Å². The second-order valence-corrected chi connectivity index (χ2v) is 6.00. The monoisotopic (exact) mass is 292 g/mol. The highest BCUT2D eigenvalue weighted by Crippen LogP contribution is 2.35. The largest absolute Gasteiger partial charge is 0.389 e. The van der Waals surface area contributed by atoms with Crippen LogP contribution in [0.5, 0.6) is 0 Å². The van der Waals surface area contributed by atoms with Crippen LogP contribution in [0.2, 0.25) is 0 Å². The smallest absolute Gasteiger partial charge is 0.104 e. The molecule has 1 saturated carbocycles. The lowest BCUT2D eigenvalue weighted by atomic mass is 10.1. The second kappa shape index (κ2) is 7.16. The SMILES string of the molecule is COCCN(Cc1ccccc1C(N)=S)C(C)C1CC1. The lowest BCUT2D eigenvalue weighted by molar-refractivity contribution is 0.111. The zero-order valence-electron chi connectivity index (χ0n) is 12.3. The van der Waals surface area contributed by atoms with Gasteiger partial charge >= 0.3 is 0 Å². The van der Waals surface area contributed by atoms with Crippen LogP contribution in [0.15, 0.2) is 24.3 Å². The third-order valence-corrected chi connectivity index (χ3v) is 4.34. The normalized spacial score (nSPS) is 16.4. The van der Waals surface area contributed by atoms with Gasteiger partial charge in [-0.3, -0.25) is 4.90 Å². The van der Waals surface area contributed by atoms with Gasteiger partial charge < -0.3 is 10.5 Å². The summed E-state index contributed by atoms with van der Waals surface area (Å²) in [7, 11) is 1.75. The van der Waals surface area contributed by atoms with Gasteiger partial charge in [-0.05, 0) is 31.2 Å². The first kappa shape index (κ1) is 15.4. The van der Waals surface area contributed by atoms with Crippen LogP contribution in [0.1, 0.15) is 30.9 Å². The summed E-state index contributed by atoms with van der Waals surface area (Å²) in [5, 5.41) is 0. The van der Waals surface area contributed by atoms with Gasteiger partial charge in [0.1, 0.15) is 4.99 Å². The van der Waals surface area contributed by atoms with E-state index in [1.807, 2.05) is 18.2 Å². The number of benzene rings is 1. The molecule has 1 fully saturated rings. The van der Waals surface area contributed by atoms with E-state index in [1.165, 1.54) is 18.4 Å². The maximum Gasteiger partial charge on any atom is 0.104 e. The Morgan fingerprint density at radius 3 is 2.75 bits per heavy atom. The van der Waals surface area contributed by atoms with Gasteiger partial charge in [0.2, 0.25) is 0 Å². The third kappa shape index (κ3) is 4.01. The van der Waals surface area contributed by atoms with Crippen LogP contribution in [-0.2, 0) is 11.3 Å². The summed E-state index contributed by atoms with van der Waals surface area (Å²) in [6.45, 7) is 4.90. The Hall–Kier alpha value is -0.970. The van der Waals surface area contributed by atoms with E-state index in [0.717, 1.165) is 31.2 Å². The Bertz CT molecular complexity index is 460. The fourth-order valence-electron chi connectivity index (χ4n) is 2.63. The highest BCUT2D eigenvalue weighted by molar-refractivity contribution is 7.80. The number of rotatable bonds is 8. The minimum absolute atomic E-state index is 0.478. The van der Waals surface area contributed by atoms with E-state index in [9.17, 15) is 0 Å². The van der Waals surface area contributed by atoms with Gasteiger partial charge in [-0.1, -0.05) is 36.5 Å². The lowest BCUT2D eigenvalue weighted by Gasteiger charge is -2.29. The van der Waals surface area contributed by atoms with Gasteiger partial charge in [0.05, 0.1) is 6.61 Å². The molecule has 1 aliphatic rings. The van der Waals surface area contributed by atoms with E-state index in [1.54, 1.807) is 7.11 Å². The zero-order valence-corrected chi connectivity index (χ0v) is 13.2. The van der Waals surface area contributed by atoms with Gasteiger partial charge in [-0.2, -0.15) is 0 Å². The average Bonchev–Trinajstić information content (AvgIpc) is 3.27. The molecule has 20 heavy (non-hydrogen) atoms. The second-order valence-electron chi connectivity index (χ2n) is 5.56. The Morgan fingerprint density at radius 1 is 1.45 bits per heavy atom. The number of thiocarbonyl (C=S) groups is 1. The molecule has 0 bridgehead atoms. The minimum atomic E-state index is 0.478. The van der Waals surface area contributed by atoms with Crippen LogP contribution < -0.4 is 5.73 Å². The first-order valence-corrected chi connectivity index (χ1v) is 7.65. The standard InChI is InChI=1S/C16H24N2OS/c1-12(13-7-8-13)18(9-10-19-2)11-14-5-3-4-6-15(14)16(17)20/h3-6,12-13H,7-11H2,1-2H3,(H2,17,20). The molecule has 1 aromatic rings. The minimum Gasteiger partial charge on any atom is -0.389 e. The van der Waals surface area contributed by atoms with Gasteiger partial charge in [0.15, 0.2) is 0 Å². The third-order valence-electron chi connectivity index (χ3n) is 4.12. The molecule has 1 atom stereocenters. The lowest BCUT2D eigenvalue weighted by Crippen LogP contribution is -2.37. The first-order valence-electron chi connectivity index (χ1n) is 7.24. The Morgan fingerprint density at radius 2 is 2.15 bits per heavy atom. The molecule has 1 aliphatic carbocycles. The summed E-state index contributed by atoms with van der Waals surface area (Å²) in [6.07, 6.45) is 2.70. The quantitative estimate of drug-likeness (QED) is 0.747. The molecule has 110 valence electrons. The van der Waals surface area contributed by atoms with Gasteiger partial charge in [0.25, 0.3) is 0 Å². The van der Waals surface area contributed by atoms with E-state index < -0.39 is 0 Å². The molecule has 2 N–H and O–H groups in total. The van der Waals surface area contributed by atoms with Crippen molar-refractivity contribution in [1.29, 1.82) is 0 Å². The van der Waals surface area contributed by atoms with E-state index in [2.05, 4.69) is 17.9 Å². The molecule has 0 radical (unpaired) electrons. The Kier molecular flexibility index (Phi) is 5.52. The highest BCUT2D eigenvalue weighted by atomic mass is 32.1. The summed E-state index contributed by atoms with van der Waals surface area (Å²) in [6, 6.07) is 8.75. The van der Waals surface area contributed by atoms with E-state index in [-0.39, 0.29) is 0 Å². The molecule has 0 aromatic heterocycles. The number of hydrogen-bond donors (Lipinski definition) is 1. The topological polar surface area (TPSA) is 38.5 Å². The highest BCUT2D eigenvalue weighted by Gasteiger charge is 2.32. The van der Waals surface area contributed by atoms with Crippen molar-refractivity contribution in [2.24, 2.45) is 11.7 Å². The fraction of sp³-hybridized carbons (Fsp3) is 0.562. The number of methoxy groups -OCH3 is 1.